The Labute approximate surface area is 93.5 Å². The van der Waals surface area contributed by atoms with Crippen LogP contribution in [0.3, 0.4) is 0 Å². The van der Waals surface area contributed by atoms with E-state index in [0.29, 0.717) is 25.0 Å². The van der Waals surface area contributed by atoms with Gasteiger partial charge in [0.05, 0.1) is 6.54 Å². The molecule has 0 aromatic rings. The summed E-state index contributed by atoms with van der Waals surface area (Å²) >= 11 is 0. The summed E-state index contributed by atoms with van der Waals surface area (Å²) in [6.07, 6.45) is 2.80. The monoisotopic (exact) mass is 212 g/mol. The normalized spacial score (nSPS) is 12.6. The van der Waals surface area contributed by atoms with Crippen molar-refractivity contribution in [1.29, 1.82) is 0 Å². The van der Waals surface area contributed by atoms with E-state index in [4.69, 9.17) is 0 Å². The highest BCUT2D eigenvalue weighted by Gasteiger charge is 2.15. The molecule has 88 valence electrons. The van der Waals surface area contributed by atoms with Crippen molar-refractivity contribution >= 4 is 5.91 Å². The first-order valence-electron chi connectivity index (χ1n) is 5.56. The van der Waals surface area contributed by atoms with Crippen molar-refractivity contribution in [3.63, 3.8) is 0 Å². The zero-order valence-corrected chi connectivity index (χ0v) is 10.4. The maximum atomic E-state index is 11.7. The lowest BCUT2D eigenvalue weighted by Crippen LogP contribution is -2.41. The maximum Gasteiger partial charge on any atom is 0.236 e. The van der Waals surface area contributed by atoms with Crippen molar-refractivity contribution in [1.82, 2.24) is 10.2 Å². The number of carbonyl (C=O) groups is 1. The van der Waals surface area contributed by atoms with Gasteiger partial charge in [0.2, 0.25) is 5.91 Å². The first kappa shape index (κ1) is 14.2. The Kier molecular flexibility index (Phi) is 7.05. The van der Waals surface area contributed by atoms with Crippen LogP contribution >= 0.6 is 0 Å². The van der Waals surface area contributed by atoms with Gasteiger partial charge in [-0.15, -0.1) is 6.58 Å². The van der Waals surface area contributed by atoms with E-state index in [1.807, 2.05) is 11.9 Å². The Bertz CT molecular complexity index is 202. The molecule has 0 bridgehead atoms. The lowest BCUT2D eigenvalue weighted by molar-refractivity contribution is -0.130. The second-order valence-corrected chi connectivity index (χ2v) is 4.40. The van der Waals surface area contributed by atoms with Crippen LogP contribution in [0, 0.1) is 5.92 Å². The Morgan fingerprint density at radius 1 is 1.47 bits per heavy atom. The van der Waals surface area contributed by atoms with Gasteiger partial charge in [-0.25, -0.2) is 0 Å². The summed E-state index contributed by atoms with van der Waals surface area (Å²) in [6, 6.07) is 0.308. The molecule has 0 aromatic heterocycles. The van der Waals surface area contributed by atoms with Gasteiger partial charge in [0, 0.05) is 19.6 Å². The van der Waals surface area contributed by atoms with Crippen LogP contribution in [0.4, 0.5) is 0 Å². The van der Waals surface area contributed by atoms with E-state index < -0.39 is 0 Å². The van der Waals surface area contributed by atoms with Gasteiger partial charge in [0.1, 0.15) is 0 Å². The topological polar surface area (TPSA) is 32.3 Å². The molecule has 3 heteroatoms. The fraction of sp³-hybridized carbons (Fsp3) is 0.750. The third kappa shape index (κ3) is 6.28. The summed E-state index contributed by atoms with van der Waals surface area (Å²) < 4.78 is 0. The minimum Gasteiger partial charge on any atom is -0.342 e. The molecule has 1 unspecified atom stereocenters. The number of nitrogens with zero attached hydrogens (tertiary/aromatic N) is 1. The third-order valence-electron chi connectivity index (χ3n) is 2.43. The second-order valence-electron chi connectivity index (χ2n) is 4.40. The van der Waals surface area contributed by atoms with Crippen LogP contribution in [-0.2, 0) is 4.79 Å². The smallest absolute Gasteiger partial charge is 0.236 e. The molecule has 0 radical (unpaired) electrons. The van der Waals surface area contributed by atoms with Gasteiger partial charge >= 0.3 is 0 Å². The van der Waals surface area contributed by atoms with Crippen molar-refractivity contribution in [3.8, 4) is 0 Å². The molecule has 15 heavy (non-hydrogen) atoms. The highest BCUT2D eigenvalue weighted by atomic mass is 16.2. The first-order valence-corrected chi connectivity index (χ1v) is 5.56. The Morgan fingerprint density at radius 2 is 2.07 bits per heavy atom. The highest BCUT2D eigenvalue weighted by Crippen LogP contribution is 2.09. The van der Waals surface area contributed by atoms with E-state index in [0.717, 1.165) is 6.42 Å². The number of rotatable bonds is 7. The fourth-order valence-corrected chi connectivity index (χ4v) is 1.49. The number of hydrogen-bond donors (Lipinski definition) is 1. The van der Waals surface area contributed by atoms with E-state index in [1.165, 1.54) is 0 Å². The van der Waals surface area contributed by atoms with Crippen LogP contribution in [-0.4, -0.2) is 37.0 Å². The van der Waals surface area contributed by atoms with Crippen molar-refractivity contribution < 1.29 is 4.79 Å². The highest BCUT2D eigenvalue weighted by molar-refractivity contribution is 5.78. The molecule has 1 atom stereocenters. The molecule has 1 amide bonds. The Hall–Kier alpha value is -0.830. The van der Waals surface area contributed by atoms with E-state index in [-0.39, 0.29) is 5.91 Å². The van der Waals surface area contributed by atoms with Crippen LogP contribution in [0.15, 0.2) is 12.7 Å². The van der Waals surface area contributed by atoms with Gasteiger partial charge in [-0.05, 0) is 19.3 Å². The molecule has 0 aliphatic rings. The number of nitrogens with one attached hydrogen (secondary N) is 1. The first-order chi connectivity index (χ1) is 6.99. The lowest BCUT2D eigenvalue weighted by atomic mass is 10.0. The molecule has 0 aliphatic heterocycles. The summed E-state index contributed by atoms with van der Waals surface area (Å²) in [7, 11) is 1.87. The van der Waals surface area contributed by atoms with E-state index in [2.05, 4.69) is 32.7 Å². The van der Waals surface area contributed by atoms with Crippen LogP contribution < -0.4 is 5.32 Å². The summed E-state index contributed by atoms with van der Waals surface area (Å²) in [6.45, 7) is 11.1. The number of likely N-dealkylation sites (N-methyl/N-ethyl adjacent to an activating group) is 1. The SMILES string of the molecule is C=CCNCC(=O)N(C)C(C)CC(C)C. The number of hydrogen-bond acceptors (Lipinski definition) is 2. The molecule has 0 heterocycles. The van der Waals surface area contributed by atoms with Crippen LogP contribution in [0.25, 0.3) is 0 Å². The average molecular weight is 212 g/mol. The predicted molar refractivity (Wildman–Crippen MR) is 64.8 cm³/mol. The van der Waals surface area contributed by atoms with Crippen molar-refractivity contribution in [2.75, 3.05) is 20.1 Å². The summed E-state index contributed by atoms with van der Waals surface area (Å²) in [5.41, 5.74) is 0. The van der Waals surface area contributed by atoms with Crippen molar-refractivity contribution in [2.45, 2.75) is 33.2 Å². The molecule has 0 saturated carbocycles. The molecule has 0 rings (SSSR count). The zero-order chi connectivity index (χ0) is 11.8. The van der Waals surface area contributed by atoms with E-state index in [9.17, 15) is 4.79 Å². The quantitative estimate of drug-likeness (QED) is 0.514. The van der Waals surface area contributed by atoms with Crippen molar-refractivity contribution in [2.24, 2.45) is 5.92 Å². The van der Waals surface area contributed by atoms with E-state index in [1.54, 1.807) is 6.08 Å². The molecule has 0 spiro atoms. The Morgan fingerprint density at radius 3 is 2.53 bits per heavy atom. The minimum atomic E-state index is 0.144. The third-order valence-corrected chi connectivity index (χ3v) is 2.43. The maximum absolute atomic E-state index is 11.7. The molecule has 0 aromatic carbocycles. The summed E-state index contributed by atoms with van der Waals surface area (Å²) in [5, 5.41) is 3.01. The van der Waals surface area contributed by atoms with Crippen LogP contribution in [0.5, 0.6) is 0 Å². The van der Waals surface area contributed by atoms with Gasteiger partial charge in [-0.3, -0.25) is 4.79 Å². The van der Waals surface area contributed by atoms with Gasteiger partial charge in [-0.2, -0.15) is 0 Å². The van der Waals surface area contributed by atoms with Crippen molar-refractivity contribution in [3.05, 3.63) is 12.7 Å². The predicted octanol–water partition coefficient (Wildman–Crippen LogP) is 1.65. The Balaban J connectivity index is 3.90. The fourth-order valence-electron chi connectivity index (χ4n) is 1.49. The van der Waals surface area contributed by atoms with Gasteiger partial charge in [-0.1, -0.05) is 19.9 Å². The van der Waals surface area contributed by atoms with Crippen LogP contribution in [0.1, 0.15) is 27.2 Å². The molecular weight excluding hydrogens is 188 g/mol. The van der Waals surface area contributed by atoms with Gasteiger partial charge in [0.15, 0.2) is 0 Å². The molecule has 0 fully saturated rings. The minimum absolute atomic E-state index is 0.144. The van der Waals surface area contributed by atoms with Crippen LogP contribution in [0.2, 0.25) is 0 Å². The second kappa shape index (κ2) is 7.46. The standard InChI is InChI=1S/C12H24N2O/c1-6-7-13-9-12(15)14(5)11(4)8-10(2)3/h6,10-11,13H,1,7-9H2,2-5H3. The molecular formula is C12H24N2O. The number of amides is 1. The molecule has 0 aliphatic carbocycles. The molecule has 0 saturated heterocycles. The van der Waals surface area contributed by atoms with Gasteiger partial charge in [0.25, 0.3) is 0 Å². The lowest BCUT2D eigenvalue weighted by Gasteiger charge is -2.26. The zero-order valence-electron chi connectivity index (χ0n) is 10.4. The summed E-state index contributed by atoms with van der Waals surface area (Å²) in [5.74, 6) is 0.765. The largest absolute Gasteiger partial charge is 0.342 e. The van der Waals surface area contributed by atoms with Gasteiger partial charge < -0.3 is 10.2 Å². The molecule has 1 N–H and O–H groups in total. The average Bonchev–Trinajstić information content (AvgIpc) is 2.15. The number of carbonyl (C=O) groups excluding carboxylic acids is 1. The molecule has 3 nitrogen and oxygen atoms in total. The van der Waals surface area contributed by atoms with E-state index >= 15 is 0 Å². The summed E-state index contributed by atoms with van der Waals surface area (Å²) in [4.78, 5) is 13.5.